The van der Waals surface area contributed by atoms with Crippen LogP contribution in [0.4, 0.5) is 11.5 Å². The maximum atomic E-state index is 12.9. The van der Waals surface area contributed by atoms with Gasteiger partial charge in [0.15, 0.2) is 5.65 Å². The quantitative estimate of drug-likeness (QED) is 0.375. The standard InChI is InChI=1S/C26H26N4O4/c1-15-7-5-8-16(2)21(15)28-24-22(18-10-12-19(34-4)13-11-18)29-23-20(9-6-14-30(23)24)25(31)27-17(3)26(32)33/h5-14,17,28H,1-4H3,(H,27,31)(H,32,33). The van der Waals surface area contributed by atoms with Crippen LogP contribution in [-0.2, 0) is 4.79 Å². The van der Waals surface area contributed by atoms with Gasteiger partial charge in [-0.1, -0.05) is 18.2 Å². The molecule has 0 aliphatic heterocycles. The van der Waals surface area contributed by atoms with Gasteiger partial charge in [0.25, 0.3) is 5.91 Å². The highest BCUT2D eigenvalue weighted by atomic mass is 16.5. The number of nitrogens with zero attached hydrogens (tertiary/aromatic N) is 2. The number of pyridine rings is 1. The molecule has 0 radical (unpaired) electrons. The zero-order chi connectivity index (χ0) is 24.4. The number of anilines is 2. The van der Waals surface area contributed by atoms with Gasteiger partial charge in [-0.25, -0.2) is 4.98 Å². The van der Waals surface area contributed by atoms with Crippen LogP contribution in [0.3, 0.4) is 0 Å². The van der Waals surface area contributed by atoms with Gasteiger partial charge in [-0.05, 0) is 68.3 Å². The second-order valence-corrected chi connectivity index (χ2v) is 8.08. The maximum absolute atomic E-state index is 12.9. The summed E-state index contributed by atoms with van der Waals surface area (Å²) < 4.78 is 7.10. The van der Waals surface area contributed by atoms with Crippen LogP contribution in [0, 0.1) is 13.8 Å². The van der Waals surface area contributed by atoms with Crippen molar-refractivity contribution in [2.45, 2.75) is 26.8 Å². The molecule has 2 heterocycles. The second kappa shape index (κ2) is 9.27. The van der Waals surface area contributed by atoms with E-state index in [4.69, 9.17) is 9.72 Å². The molecule has 0 fully saturated rings. The average molecular weight is 459 g/mol. The number of hydrogen-bond acceptors (Lipinski definition) is 5. The van der Waals surface area contributed by atoms with E-state index in [0.29, 0.717) is 17.2 Å². The molecule has 4 aromatic rings. The molecule has 0 saturated carbocycles. The Morgan fingerprint density at radius 2 is 1.71 bits per heavy atom. The first kappa shape index (κ1) is 22.8. The highest BCUT2D eigenvalue weighted by Gasteiger charge is 2.22. The van der Waals surface area contributed by atoms with Gasteiger partial charge in [-0.15, -0.1) is 0 Å². The molecule has 8 heteroatoms. The van der Waals surface area contributed by atoms with Crippen molar-refractivity contribution >= 4 is 29.0 Å². The highest BCUT2D eigenvalue weighted by Crippen LogP contribution is 2.34. The summed E-state index contributed by atoms with van der Waals surface area (Å²) >= 11 is 0. The lowest BCUT2D eigenvalue weighted by Crippen LogP contribution is -2.38. The summed E-state index contributed by atoms with van der Waals surface area (Å²) in [5.41, 5.74) is 5.27. The van der Waals surface area contributed by atoms with E-state index in [2.05, 4.69) is 10.6 Å². The van der Waals surface area contributed by atoms with E-state index in [0.717, 1.165) is 28.1 Å². The van der Waals surface area contributed by atoms with Crippen LogP contribution in [0.15, 0.2) is 60.8 Å². The SMILES string of the molecule is COc1ccc(-c2nc3c(C(=O)NC(C)C(=O)O)cccn3c2Nc2c(C)cccc2C)cc1. The molecule has 0 bridgehead atoms. The van der Waals surface area contributed by atoms with Gasteiger partial charge in [0.05, 0.1) is 12.7 Å². The van der Waals surface area contributed by atoms with Crippen LogP contribution >= 0.6 is 0 Å². The van der Waals surface area contributed by atoms with Crippen LogP contribution < -0.4 is 15.4 Å². The van der Waals surface area contributed by atoms with E-state index in [9.17, 15) is 14.7 Å². The number of hydrogen-bond donors (Lipinski definition) is 3. The molecule has 1 unspecified atom stereocenters. The first-order chi connectivity index (χ1) is 16.3. The monoisotopic (exact) mass is 458 g/mol. The van der Waals surface area contributed by atoms with Crippen molar-refractivity contribution in [3.05, 3.63) is 77.5 Å². The summed E-state index contributed by atoms with van der Waals surface area (Å²) in [6.07, 6.45) is 1.82. The molecule has 0 spiro atoms. The van der Waals surface area contributed by atoms with Gasteiger partial charge in [-0.2, -0.15) is 0 Å². The Kier molecular flexibility index (Phi) is 6.23. The van der Waals surface area contributed by atoms with Crippen LogP contribution in [0.5, 0.6) is 5.75 Å². The van der Waals surface area contributed by atoms with Crippen molar-refractivity contribution < 1.29 is 19.4 Å². The molecule has 2 aromatic carbocycles. The highest BCUT2D eigenvalue weighted by molar-refractivity contribution is 6.02. The average Bonchev–Trinajstić information content (AvgIpc) is 3.19. The number of carboxylic acids is 1. The zero-order valence-corrected chi connectivity index (χ0v) is 19.4. The summed E-state index contributed by atoms with van der Waals surface area (Å²) in [5.74, 6) is -0.205. The third-order valence-electron chi connectivity index (χ3n) is 5.70. The van der Waals surface area contributed by atoms with Crippen molar-refractivity contribution in [2.24, 2.45) is 0 Å². The van der Waals surface area contributed by atoms with E-state index in [1.165, 1.54) is 6.92 Å². The van der Waals surface area contributed by atoms with Gasteiger partial charge < -0.3 is 20.5 Å². The number of carbonyl (C=O) groups excluding carboxylic acids is 1. The second-order valence-electron chi connectivity index (χ2n) is 8.08. The summed E-state index contributed by atoms with van der Waals surface area (Å²) in [5, 5.41) is 15.2. The Balaban J connectivity index is 1.90. The molecule has 0 saturated heterocycles. The van der Waals surface area contributed by atoms with Gasteiger partial charge in [0.1, 0.15) is 23.3 Å². The number of aliphatic carboxylic acids is 1. The lowest BCUT2D eigenvalue weighted by atomic mass is 10.1. The lowest BCUT2D eigenvalue weighted by Gasteiger charge is -2.14. The van der Waals surface area contributed by atoms with Crippen molar-refractivity contribution in [1.82, 2.24) is 14.7 Å². The van der Waals surface area contributed by atoms with Gasteiger partial charge in [-0.3, -0.25) is 14.0 Å². The lowest BCUT2D eigenvalue weighted by molar-refractivity contribution is -0.138. The maximum Gasteiger partial charge on any atom is 0.325 e. The third-order valence-corrected chi connectivity index (χ3v) is 5.70. The largest absolute Gasteiger partial charge is 0.497 e. The van der Waals surface area contributed by atoms with Crippen LogP contribution in [-0.4, -0.2) is 39.5 Å². The topological polar surface area (TPSA) is 105 Å². The van der Waals surface area contributed by atoms with E-state index in [1.54, 1.807) is 19.2 Å². The minimum atomic E-state index is -1.11. The molecule has 1 atom stereocenters. The van der Waals surface area contributed by atoms with Crippen molar-refractivity contribution in [3.8, 4) is 17.0 Å². The molecule has 1 amide bonds. The fraction of sp³-hybridized carbons (Fsp3) is 0.192. The molecule has 0 aliphatic rings. The molecule has 0 aliphatic carbocycles. The predicted octanol–water partition coefficient (Wildman–Crippen LogP) is 4.57. The number of carbonyl (C=O) groups is 2. The number of nitrogens with one attached hydrogen (secondary N) is 2. The first-order valence-electron chi connectivity index (χ1n) is 10.8. The van der Waals surface area contributed by atoms with E-state index < -0.39 is 17.9 Å². The minimum Gasteiger partial charge on any atom is -0.497 e. The van der Waals surface area contributed by atoms with E-state index >= 15 is 0 Å². The van der Waals surface area contributed by atoms with Crippen molar-refractivity contribution in [1.29, 1.82) is 0 Å². The number of amides is 1. The number of rotatable bonds is 7. The Morgan fingerprint density at radius 1 is 1.03 bits per heavy atom. The number of ether oxygens (including phenoxy) is 1. The predicted molar refractivity (Wildman–Crippen MR) is 131 cm³/mol. The number of methoxy groups -OCH3 is 1. The first-order valence-corrected chi connectivity index (χ1v) is 10.8. The molecular weight excluding hydrogens is 432 g/mol. The normalized spacial score (nSPS) is 11.8. The van der Waals surface area contributed by atoms with E-state index in [1.807, 2.05) is 66.9 Å². The molecule has 3 N–H and O–H groups in total. The molecule has 2 aromatic heterocycles. The number of para-hydroxylation sites is 1. The number of benzene rings is 2. The number of carboxylic acid groups (broad SMARTS) is 1. The molecule has 34 heavy (non-hydrogen) atoms. The molecule has 174 valence electrons. The molecular formula is C26H26N4O4. The minimum absolute atomic E-state index is 0.278. The van der Waals surface area contributed by atoms with Gasteiger partial charge in [0, 0.05) is 17.4 Å². The third kappa shape index (κ3) is 4.30. The Bertz CT molecular complexity index is 1360. The summed E-state index contributed by atoms with van der Waals surface area (Å²) in [4.78, 5) is 29.0. The van der Waals surface area contributed by atoms with Gasteiger partial charge >= 0.3 is 5.97 Å². The Hall–Kier alpha value is -4.33. The fourth-order valence-electron chi connectivity index (χ4n) is 3.78. The zero-order valence-electron chi connectivity index (χ0n) is 19.4. The van der Waals surface area contributed by atoms with Crippen LogP contribution in [0.1, 0.15) is 28.4 Å². The van der Waals surface area contributed by atoms with E-state index in [-0.39, 0.29) is 5.56 Å². The smallest absolute Gasteiger partial charge is 0.325 e. The molecule has 4 rings (SSSR count). The summed E-state index contributed by atoms with van der Waals surface area (Å²) in [6, 6.07) is 15.9. The summed E-state index contributed by atoms with van der Waals surface area (Å²) in [6.45, 7) is 5.47. The fourth-order valence-corrected chi connectivity index (χ4v) is 3.78. The number of aromatic nitrogens is 2. The van der Waals surface area contributed by atoms with Gasteiger partial charge in [0.2, 0.25) is 0 Å². The Morgan fingerprint density at radius 3 is 2.32 bits per heavy atom. The number of aryl methyl sites for hydroxylation is 2. The van der Waals surface area contributed by atoms with Crippen LogP contribution in [0.25, 0.3) is 16.9 Å². The Labute approximate surface area is 197 Å². The van der Waals surface area contributed by atoms with Crippen molar-refractivity contribution in [3.63, 3.8) is 0 Å². The number of imidazole rings is 1. The number of fused-ring (bicyclic) bond motifs is 1. The molecule has 8 nitrogen and oxygen atoms in total. The summed E-state index contributed by atoms with van der Waals surface area (Å²) in [7, 11) is 1.61. The van der Waals surface area contributed by atoms with Crippen LogP contribution in [0.2, 0.25) is 0 Å². The van der Waals surface area contributed by atoms with Crippen molar-refractivity contribution in [2.75, 3.05) is 12.4 Å².